The summed E-state index contributed by atoms with van der Waals surface area (Å²) in [6, 6.07) is 3.73. The molecule has 66 valence electrons. The SMILES string of the molecule is Nc1cnccc1-c1sccc1Cl. The van der Waals surface area contributed by atoms with Gasteiger partial charge in [-0.05, 0) is 17.5 Å². The number of anilines is 1. The molecule has 2 N–H and O–H groups in total. The van der Waals surface area contributed by atoms with Crippen LogP contribution in [0.4, 0.5) is 5.69 Å². The normalized spacial score (nSPS) is 10.2. The summed E-state index contributed by atoms with van der Waals surface area (Å²) in [6.07, 6.45) is 3.34. The Bertz CT molecular complexity index is 425. The first kappa shape index (κ1) is 8.53. The standard InChI is InChI=1S/C9H7ClN2S/c10-7-2-4-13-9(7)6-1-3-12-5-8(6)11/h1-5H,11H2. The van der Waals surface area contributed by atoms with Crippen molar-refractivity contribution in [1.82, 2.24) is 4.98 Å². The van der Waals surface area contributed by atoms with E-state index in [1.54, 1.807) is 23.7 Å². The monoisotopic (exact) mass is 210 g/mol. The molecule has 0 saturated carbocycles. The van der Waals surface area contributed by atoms with Gasteiger partial charge in [-0.25, -0.2) is 0 Å². The Morgan fingerprint density at radius 2 is 2.23 bits per heavy atom. The summed E-state index contributed by atoms with van der Waals surface area (Å²) in [5.41, 5.74) is 7.38. The first-order valence-corrected chi connectivity index (χ1v) is 4.97. The van der Waals surface area contributed by atoms with Crippen LogP contribution in [0.5, 0.6) is 0 Å². The lowest BCUT2D eigenvalue weighted by Crippen LogP contribution is -1.89. The number of aromatic nitrogens is 1. The summed E-state index contributed by atoms with van der Waals surface area (Å²) in [7, 11) is 0. The summed E-state index contributed by atoms with van der Waals surface area (Å²) >= 11 is 7.56. The smallest absolute Gasteiger partial charge is 0.0593 e. The Morgan fingerprint density at radius 1 is 1.38 bits per heavy atom. The zero-order valence-electron chi connectivity index (χ0n) is 6.70. The van der Waals surface area contributed by atoms with E-state index in [2.05, 4.69) is 4.98 Å². The van der Waals surface area contributed by atoms with Crippen LogP contribution in [0.2, 0.25) is 5.02 Å². The van der Waals surface area contributed by atoms with E-state index >= 15 is 0 Å². The highest BCUT2D eigenvalue weighted by molar-refractivity contribution is 7.14. The molecule has 13 heavy (non-hydrogen) atoms. The van der Waals surface area contributed by atoms with Crippen molar-refractivity contribution in [3.8, 4) is 10.4 Å². The van der Waals surface area contributed by atoms with Gasteiger partial charge < -0.3 is 5.73 Å². The summed E-state index contributed by atoms with van der Waals surface area (Å²) in [5.74, 6) is 0. The fourth-order valence-electron chi connectivity index (χ4n) is 1.10. The van der Waals surface area contributed by atoms with Crippen molar-refractivity contribution < 1.29 is 0 Å². The van der Waals surface area contributed by atoms with Crippen molar-refractivity contribution in [3.63, 3.8) is 0 Å². The third kappa shape index (κ3) is 1.53. The average molecular weight is 211 g/mol. The van der Waals surface area contributed by atoms with Gasteiger partial charge in [0.25, 0.3) is 0 Å². The van der Waals surface area contributed by atoms with E-state index in [-0.39, 0.29) is 0 Å². The van der Waals surface area contributed by atoms with Crippen molar-refractivity contribution in [3.05, 3.63) is 34.9 Å². The van der Waals surface area contributed by atoms with Gasteiger partial charge >= 0.3 is 0 Å². The van der Waals surface area contributed by atoms with Crippen LogP contribution >= 0.6 is 22.9 Å². The molecule has 0 unspecified atom stereocenters. The Kier molecular flexibility index (Phi) is 2.20. The molecule has 0 saturated heterocycles. The number of rotatable bonds is 1. The summed E-state index contributed by atoms with van der Waals surface area (Å²) < 4.78 is 0. The number of hydrogen-bond donors (Lipinski definition) is 1. The van der Waals surface area contributed by atoms with Gasteiger partial charge in [-0.15, -0.1) is 11.3 Å². The van der Waals surface area contributed by atoms with Crippen molar-refractivity contribution in [2.45, 2.75) is 0 Å². The maximum atomic E-state index is 5.98. The third-order valence-corrected chi connectivity index (χ3v) is 3.09. The average Bonchev–Trinajstić information content (AvgIpc) is 2.52. The van der Waals surface area contributed by atoms with Gasteiger partial charge in [0.1, 0.15) is 0 Å². The maximum Gasteiger partial charge on any atom is 0.0593 e. The van der Waals surface area contributed by atoms with Crippen LogP contribution in [-0.4, -0.2) is 4.98 Å². The lowest BCUT2D eigenvalue weighted by atomic mass is 10.2. The number of nitrogens with two attached hydrogens (primary N) is 1. The highest BCUT2D eigenvalue weighted by atomic mass is 35.5. The molecule has 0 amide bonds. The summed E-state index contributed by atoms with van der Waals surface area (Å²) in [6.45, 7) is 0. The second kappa shape index (κ2) is 3.36. The molecule has 0 aliphatic heterocycles. The van der Waals surface area contributed by atoms with Crippen LogP contribution in [0.3, 0.4) is 0 Å². The van der Waals surface area contributed by atoms with Crippen LogP contribution in [0.15, 0.2) is 29.9 Å². The number of nitrogen functional groups attached to an aromatic ring is 1. The van der Waals surface area contributed by atoms with Gasteiger partial charge in [0.05, 0.1) is 21.8 Å². The molecule has 0 spiro atoms. The molecule has 0 aliphatic rings. The topological polar surface area (TPSA) is 38.9 Å². The third-order valence-electron chi connectivity index (χ3n) is 1.71. The Labute approximate surface area is 85.0 Å². The maximum absolute atomic E-state index is 5.98. The van der Waals surface area contributed by atoms with Gasteiger partial charge in [0.2, 0.25) is 0 Å². The van der Waals surface area contributed by atoms with E-state index in [1.807, 2.05) is 17.5 Å². The first-order chi connectivity index (χ1) is 6.29. The van der Waals surface area contributed by atoms with Gasteiger partial charge in [-0.2, -0.15) is 0 Å². The van der Waals surface area contributed by atoms with E-state index in [4.69, 9.17) is 17.3 Å². The molecule has 0 atom stereocenters. The van der Waals surface area contributed by atoms with Crippen molar-refractivity contribution in [2.24, 2.45) is 0 Å². The minimum atomic E-state index is 0.659. The summed E-state index contributed by atoms with van der Waals surface area (Å²) in [5, 5.41) is 2.68. The molecule has 0 bridgehead atoms. The number of halogens is 1. The van der Waals surface area contributed by atoms with Crippen LogP contribution in [0, 0.1) is 0 Å². The van der Waals surface area contributed by atoms with Crippen LogP contribution < -0.4 is 5.73 Å². The second-order valence-corrected chi connectivity index (χ2v) is 3.88. The van der Waals surface area contributed by atoms with E-state index in [9.17, 15) is 0 Å². The number of pyridine rings is 1. The number of nitrogens with zero attached hydrogens (tertiary/aromatic N) is 1. The largest absolute Gasteiger partial charge is 0.397 e. The lowest BCUT2D eigenvalue weighted by Gasteiger charge is -2.01. The molecule has 4 heteroatoms. The van der Waals surface area contributed by atoms with Crippen molar-refractivity contribution in [2.75, 3.05) is 5.73 Å². The Morgan fingerprint density at radius 3 is 2.85 bits per heavy atom. The molecular formula is C9H7ClN2S. The first-order valence-electron chi connectivity index (χ1n) is 3.72. The molecule has 2 aromatic heterocycles. The number of hydrogen-bond acceptors (Lipinski definition) is 3. The van der Waals surface area contributed by atoms with Crippen molar-refractivity contribution >= 4 is 28.6 Å². The molecule has 2 nitrogen and oxygen atoms in total. The van der Waals surface area contributed by atoms with Gasteiger partial charge in [-0.1, -0.05) is 11.6 Å². The molecular weight excluding hydrogens is 204 g/mol. The Hall–Kier alpha value is -1.06. The quantitative estimate of drug-likeness (QED) is 0.786. The highest BCUT2D eigenvalue weighted by Crippen LogP contribution is 2.35. The molecule has 0 aliphatic carbocycles. The Balaban J connectivity index is 2.59. The molecule has 2 heterocycles. The van der Waals surface area contributed by atoms with Gasteiger partial charge in [0, 0.05) is 11.8 Å². The van der Waals surface area contributed by atoms with E-state index in [1.165, 1.54) is 0 Å². The highest BCUT2D eigenvalue weighted by Gasteiger charge is 2.07. The number of thiophene rings is 1. The van der Waals surface area contributed by atoms with E-state index in [0.29, 0.717) is 5.69 Å². The molecule has 0 radical (unpaired) electrons. The van der Waals surface area contributed by atoms with Gasteiger partial charge in [0.15, 0.2) is 0 Å². The minimum absolute atomic E-state index is 0.659. The lowest BCUT2D eigenvalue weighted by molar-refractivity contribution is 1.34. The molecule has 2 aromatic rings. The van der Waals surface area contributed by atoms with Crippen LogP contribution in [0.1, 0.15) is 0 Å². The zero-order valence-corrected chi connectivity index (χ0v) is 8.27. The zero-order chi connectivity index (χ0) is 9.26. The van der Waals surface area contributed by atoms with Crippen LogP contribution in [0.25, 0.3) is 10.4 Å². The summed E-state index contributed by atoms with van der Waals surface area (Å²) in [4.78, 5) is 4.92. The second-order valence-electron chi connectivity index (χ2n) is 2.56. The minimum Gasteiger partial charge on any atom is -0.397 e. The molecule has 0 fully saturated rings. The fraction of sp³-hybridized carbons (Fsp3) is 0. The van der Waals surface area contributed by atoms with Gasteiger partial charge in [-0.3, -0.25) is 4.98 Å². The van der Waals surface area contributed by atoms with E-state index < -0.39 is 0 Å². The predicted octanol–water partition coefficient (Wildman–Crippen LogP) is 3.05. The van der Waals surface area contributed by atoms with Crippen molar-refractivity contribution in [1.29, 1.82) is 0 Å². The molecule has 2 rings (SSSR count). The van der Waals surface area contributed by atoms with Crippen LogP contribution in [-0.2, 0) is 0 Å². The fourth-order valence-corrected chi connectivity index (χ4v) is 2.31. The predicted molar refractivity (Wildman–Crippen MR) is 57.0 cm³/mol. The molecule has 0 aromatic carbocycles. The van der Waals surface area contributed by atoms with E-state index in [0.717, 1.165) is 15.5 Å².